The van der Waals surface area contributed by atoms with E-state index in [1.807, 2.05) is 4.90 Å². The van der Waals surface area contributed by atoms with Crippen molar-refractivity contribution in [1.29, 1.82) is 0 Å². The molecule has 7 nitrogen and oxygen atoms in total. The van der Waals surface area contributed by atoms with Gasteiger partial charge in [-0.25, -0.2) is 0 Å². The molecular weight excluding hydrogens is 238 g/mol. The van der Waals surface area contributed by atoms with Crippen molar-refractivity contribution in [2.45, 2.75) is 18.4 Å². The first-order chi connectivity index (χ1) is 8.84. The first-order valence-electron chi connectivity index (χ1n) is 6.26. The topological polar surface area (TPSA) is 80.9 Å². The number of morpholine rings is 1. The highest BCUT2D eigenvalue weighted by Gasteiger charge is 2.31. The van der Waals surface area contributed by atoms with Crippen molar-refractivity contribution in [3.8, 4) is 0 Å². The predicted octanol–water partition coefficient (Wildman–Crippen LogP) is -0.229. The van der Waals surface area contributed by atoms with Crippen LogP contribution in [0.4, 0.5) is 5.95 Å². The number of rotatable bonds is 2. The largest absolute Gasteiger partial charge is 0.392 e. The molecule has 0 radical (unpaired) electrons. The second-order valence-corrected chi connectivity index (χ2v) is 4.57. The third kappa shape index (κ3) is 2.33. The monoisotopic (exact) mass is 255 g/mol. The molecule has 0 amide bonds. The van der Waals surface area contributed by atoms with Crippen molar-refractivity contribution in [3.05, 3.63) is 5.89 Å². The van der Waals surface area contributed by atoms with Crippen molar-refractivity contribution in [1.82, 2.24) is 10.1 Å². The third-order valence-electron chi connectivity index (χ3n) is 3.36. The molecule has 0 bridgehead atoms. The van der Waals surface area contributed by atoms with E-state index in [9.17, 15) is 5.11 Å². The van der Waals surface area contributed by atoms with E-state index in [2.05, 4.69) is 10.1 Å². The molecule has 1 N–H and O–H groups in total. The van der Waals surface area contributed by atoms with Crippen LogP contribution in [-0.2, 0) is 9.47 Å². The zero-order valence-corrected chi connectivity index (χ0v) is 10.1. The second kappa shape index (κ2) is 5.21. The first-order valence-corrected chi connectivity index (χ1v) is 6.26. The van der Waals surface area contributed by atoms with Crippen LogP contribution >= 0.6 is 0 Å². The Morgan fingerprint density at radius 2 is 2.00 bits per heavy atom. The zero-order valence-electron chi connectivity index (χ0n) is 10.1. The molecule has 0 aliphatic carbocycles. The van der Waals surface area contributed by atoms with Crippen LogP contribution in [0.1, 0.15) is 18.2 Å². The molecule has 2 aliphatic heterocycles. The highest BCUT2D eigenvalue weighted by Crippen LogP contribution is 2.26. The van der Waals surface area contributed by atoms with Gasteiger partial charge in [-0.3, -0.25) is 0 Å². The number of ether oxygens (including phenoxy) is 2. The first kappa shape index (κ1) is 11.9. The van der Waals surface area contributed by atoms with Gasteiger partial charge in [0.1, 0.15) is 0 Å². The summed E-state index contributed by atoms with van der Waals surface area (Å²) in [5.74, 6) is 0.829. The highest BCUT2D eigenvalue weighted by molar-refractivity contribution is 5.28. The molecule has 2 aliphatic rings. The van der Waals surface area contributed by atoms with Gasteiger partial charge in [0.05, 0.1) is 31.8 Å². The molecule has 0 saturated carbocycles. The van der Waals surface area contributed by atoms with Gasteiger partial charge in [-0.1, -0.05) is 0 Å². The van der Waals surface area contributed by atoms with Crippen molar-refractivity contribution in [2.24, 2.45) is 0 Å². The Hall–Kier alpha value is -1.18. The zero-order chi connectivity index (χ0) is 12.4. The summed E-state index contributed by atoms with van der Waals surface area (Å²) >= 11 is 0. The Labute approximate surface area is 105 Å². The lowest BCUT2D eigenvalue weighted by Gasteiger charge is -2.25. The number of anilines is 1. The maximum Gasteiger partial charge on any atom is 0.266 e. The van der Waals surface area contributed by atoms with E-state index in [1.54, 1.807) is 0 Å². The molecule has 2 saturated heterocycles. The number of hydrogen-bond acceptors (Lipinski definition) is 7. The smallest absolute Gasteiger partial charge is 0.266 e. The van der Waals surface area contributed by atoms with Crippen LogP contribution in [0.15, 0.2) is 4.52 Å². The number of aromatic nitrogens is 2. The van der Waals surface area contributed by atoms with Crippen LogP contribution < -0.4 is 4.90 Å². The number of aliphatic hydroxyl groups is 1. The summed E-state index contributed by atoms with van der Waals surface area (Å²) in [7, 11) is 0. The number of hydrogen-bond donors (Lipinski definition) is 1. The van der Waals surface area contributed by atoms with Crippen LogP contribution in [0.5, 0.6) is 0 Å². The standard InChI is InChI=1S/C11H17N3O4/c15-9-1-4-17-7-8(9)10-12-11(13-18-10)14-2-5-16-6-3-14/h8-9,15H,1-7H2. The van der Waals surface area contributed by atoms with Gasteiger partial charge in [-0.15, -0.1) is 0 Å². The van der Waals surface area contributed by atoms with E-state index < -0.39 is 6.10 Å². The maximum absolute atomic E-state index is 9.90. The van der Waals surface area contributed by atoms with Gasteiger partial charge in [0, 0.05) is 19.7 Å². The molecule has 0 spiro atoms. The summed E-state index contributed by atoms with van der Waals surface area (Å²) < 4.78 is 15.9. The maximum atomic E-state index is 9.90. The molecule has 0 aromatic carbocycles. The third-order valence-corrected chi connectivity index (χ3v) is 3.36. The number of aliphatic hydroxyl groups excluding tert-OH is 1. The normalized spacial score (nSPS) is 29.5. The van der Waals surface area contributed by atoms with E-state index in [0.29, 0.717) is 44.7 Å². The number of nitrogens with zero attached hydrogens (tertiary/aromatic N) is 3. The van der Waals surface area contributed by atoms with Gasteiger partial charge in [-0.2, -0.15) is 4.98 Å². The molecule has 7 heteroatoms. The molecule has 1 aromatic heterocycles. The molecule has 2 fully saturated rings. The van der Waals surface area contributed by atoms with E-state index in [0.717, 1.165) is 13.1 Å². The lowest BCUT2D eigenvalue weighted by molar-refractivity contribution is -0.0149. The molecule has 18 heavy (non-hydrogen) atoms. The second-order valence-electron chi connectivity index (χ2n) is 4.57. The van der Waals surface area contributed by atoms with Crippen molar-refractivity contribution >= 4 is 5.95 Å². The van der Waals surface area contributed by atoms with Gasteiger partial charge in [0.25, 0.3) is 5.95 Å². The molecular formula is C11H17N3O4. The minimum atomic E-state index is -0.461. The summed E-state index contributed by atoms with van der Waals surface area (Å²) in [5, 5.41) is 13.9. The van der Waals surface area contributed by atoms with Crippen molar-refractivity contribution < 1.29 is 19.1 Å². The average Bonchev–Trinajstić information content (AvgIpc) is 2.90. The Kier molecular flexibility index (Phi) is 3.44. The molecule has 1 aromatic rings. The van der Waals surface area contributed by atoms with Crippen molar-refractivity contribution in [3.63, 3.8) is 0 Å². The molecule has 3 rings (SSSR count). The van der Waals surface area contributed by atoms with Gasteiger partial charge in [0.15, 0.2) is 0 Å². The summed E-state index contributed by atoms with van der Waals surface area (Å²) in [6.07, 6.45) is 0.150. The minimum Gasteiger partial charge on any atom is -0.392 e. The van der Waals surface area contributed by atoms with E-state index in [4.69, 9.17) is 14.0 Å². The highest BCUT2D eigenvalue weighted by atomic mass is 16.5. The fourth-order valence-electron chi connectivity index (χ4n) is 2.23. The van der Waals surface area contributed by atoms with Gasteiger partial charge in [0.2, 0.25) is 5.89 Å². The van der Waals surface area contributed by atoms with Gasteiger partial charge in [-0.05, 0) is 11.6 Å². The van der Waals surface area contributed by atoms with Crippen LogP contribution in [0.2, 0.25) is 0 Å². The summed E-state index contributed by atoms with van der Waals surface area (Å²) in [4.78, 5) is 6.38. The molecule has 100 valence electrons. The molecule has 2 unspecified atom stereocenters. The predicted molar refractivity (Wildman–Crippen MR) is 61.5 cm³/mol. The van der Waals surface area contributed by atoms with E-state index >= 15 is 0 Å². The summed E-state index contributed by atoms with van der Waals surface area (Å²) in [5.41, 5.74) is 0. The Morgan fingerprint density at radius 3 is 2.78 bits per heavy atom. The molecule has 2 atom stereocenters. The van der Waals surface area contributed by atoms with Crippen LogP contribution in [0, 0.1) is 0 Å². The van der Waals surface area contributed by atoms with Crippen molar-refractivity contribution in [2.75, 3.05) is 44.4 Å². The van der Waals surface area contributed by atoms with E-state index in [1.165, 1.54) is 0 Å². The minimum absolute atomic E-state index is 0.207. The van der Waals surface area contributed by atoms with Gasteiger partial charge >= 0.3 is 0 Å². The summed E-state index contributed by atoms with van der Waals surface area (Å²) in [6, 6.07) is 0. The summed E-state index contributed by atoms with van der Waals surface area (Å²) in [6.45, 7) is 3.91. The molecule has 3 heterocycles. The SMILES string of the molecule is OC1CCOCC1c1nc(N2CCOCC2)no1. The Bertz CT molecular complexity index is 391. The lowest BCUT2D eigenvalue weighted by atomic mass is 9.99. The lowest BCUT2D eigenvalue weighted by Crippen LogP contribution is -2.37. The Balaban J connectivity index is 1.71. The van der Waals surface area contributed by atoms with Gasteiger partial charge < -0.3 is 24.0 Å². The van der Waals surface area contributed by atoms with Crippen LogP contribution in [-0.4, -0.2) is 60.9 Å². The fraction of sp³-hybridized carbons (Fsp3) is 0.818. The fourth-order valence-corrected chi connectivity index (χ4v) is 2.23. The van der Waals surface area contributed by atoms with Crippen LogP contribution in [0.25, 0.3) is 0 Å². The average molecular weight is 255 g/mol. The quantitative estimate of drug-likeness (QED) is 0.781. The van der Waals surface area contributed by atoms with Crippen LogP contribution in [0.3, 0.4) is 0 Å². The van der Waals surface area contributed by atoms with E-state index in [-0.39, 0.29) is 5.92 Å². The Morgan fingerprint density at radius 1 is 1.17 bits per heavy atom.